The van der Waals surface area contributed by atoms with Crippen LogP contribution in [0.4, 0.5) is 5.69 Å². The number of anilines is 1. The molecular weight excluding hydrogens is 410 g/mol. The molecule has 0 unspecified atom stereocenters. The molecule has 2 aromatic rings. The van der Waals surface area contributed by atoms with Crippen LogP contribution in [0.2, 0.25) is 0 Å². The average molecular weight is 430 g/mol. The Morgan fingerprint density at radius 1 is 1.19 bits per heavy atom. The van der Waals surface area contributed by atoms with Gasteiger partial charge >= 0.3 is 11.8 Å². The largest absolute Gasteiger partial charge is 0.489 e. The number of carbonyl (C=O) groups is 2. The third kappa shape index (κ3) is 6.38. The smallest absolute Gasteiger partial charge is 0.329 e. The van der Waals surface area contributed by atoms with Crippen molar-refractivity contribution in [3.8, 4) is 5.75 Å². The summed E-state index contributed by atoms with van der Waals surface area (Å²) in [5, 5.41) is 6.35. The van der Waals surface area contributed by atoms with Crippen molar-refractivity contribution < 1.29 is 14.3 Å². The number of hydrogen-bond acceptors (Lipinski definition) is 4. The van der Waals surface area contributed by atoms with E-state index < -0.39 is 11.8 Å². The Morgan fingerprint density at radius 3 is 2.59 bits per heavy atom. The van der Waals surface area contributed by atoms with Crippen LogP contribution >= 0.6 is 15.9 Å². The summed E-state index contributed by atoms with van der Waals surface area (Å²) < 4.78 is 6.35. The van der Waals surface area contributed by atoms with Gasteiger partial charge in [0.05, 0.1) is 6.21 Å². The van der Waals surface area contributed by atoms with Crippen LogP contribution < -0.4 is 15.5 Å². The van der Waals surface area contributed by atoms with E-state index in [-0.39, 0.29) is 0 Å². The molecule has 2 N–H and O–H groups in total. The molecule has 0 saturated carbocycles. The molecule has 140 valence electrons. The Labute approximate surface area is 166 Å². The van der Waals surface area contributed by atoms with Crippen LogP contribution in [-0.2, 0) is 16.0 Å². The Bertz CT molecular complexity index is 848. The fourth-order valence-electron chi connectivity index (χ4n) is 2.12. The Balaban J connectivity index is 1.96. The molecule has 2 rings (SSSR count). The molecule has 0 saturated heterocycles. The zero-order chi connectivity index (χ0) is 19.6. The van der Waals surface area contributed by atoms with Crippen molar-refractivity contribution in [3.05, 3.63) is 70.7 Å². The molecular formula is C20H20BrN3O3. The number of benzene rings is 2. The average Bonchev–Trinajstić information content (AvgIpc) is 2.67. The van der Waals surface area contributed by atoms with Gasteiger partial charge in [0.15, 0.2) is 0 Å². The van der Waals surface area contributed by atoms with E-state index in [9.17, 15) is 9.59 Å². The number of aryl methyl sites for hydroxylation is 1. The minimum absolute atomic E-state index is 0.341. The molecule has 0 fully saturated rings. The van der Waals surface area contributed by atoms with Crippen molar-refractivity contribution >= 4 is 39.6 Å². The van der Waals surface area contributed by atoms with E-state index in [0.717, 1.165) is 16.5 Å². The first kappa shape index (κ1) is 20.4. The summed E-state index contributed by atoms with van der Waals surface area (Å²) in [5.41, 5.74) is 4.53. The van der Waals surface area contributed by atoms with Gasteiger partial charge in [0.25, 0.3) is 0 Å². The van der Waals surface area contributed by atoms with Crippen LogP contribution in [0, 0.1) is 0 Å². The summed E-state index contributed by atoms with van der Waals surface area (Å²) in [6, 6.07) is 12.7. The van der Waals surface area contributed by atoms with Crippen molar-refractivity contribution in [1.82, 2.24) is 5.43 Å². The van der Waals surface area contributed by atoms with Crippen LogP contribution in [0.3, 0.4) is 0 Å². The number of hydrogen-bond donors (Lipinski definition) is 2. The van der Waals surface area contributed by atoms with Gasteiger partial charge in [0.2, 0.25) is 0 Å². The maximum atomic E-state index is 11.9. The summed E-state index contributed by atoms with van der Waals surface area (Å²) >= 11 is 3.37. The van der Waals surface area contributed by atoms with Gasteiger partial charge in [-0.25, -0.2) is 5.43 Å². The molecule has 27 heavy (non-hydrogen) atoms. The Hall–Kier alpha value is -2.93. The highest BCUT2D eigenvalue weighted by Crippen LogP contribution is 2.21. The van der Waals surface area contributed by atoms with Gasteiger partial charge in [0, 0.05) is 15.7 Å². The van der Waals surface area contributed by atoms with E-state index in [1.165, 1.54) is 6.21 Å². The van der Waals surface area contributed by atoms with E-state index in [2.05, 4.69) is 38.4 Å². The molecule has 0 bridgehead atoms. The second kappa shape index (κ2) is 10.3. The highest BCUT2D eigenvalue weighted by molar-refractivity contribution is 9.10. The zero-order valence-corrected chi connectivity index (χ0v) is 16.5. The fraction of sp³-hybridized carbons (Fsp3) is 0.150. The van der Waals surface area contributed by atoms with Crippen LogP contribution in [0.1, 0.15) is 18.1 Å². The lowest BCUT2D eigenvalue weighted by atomic mass is 10.1. The summed E-state index contributed by atoms with van der Waals surface area (Å²) in [7, 11) is 0. The molecule has 0 heterocycles. The monoisotopic (exact) mass is 429 g/mol. The van der Waals surface area contributed by atoms with Gasteiger partial charge in [-0.3, -0.25) is 9.59 Å². The first-order valence-electron chi connectivity index (χ1n) is 8.30. The number of nitrogens with one attached hydrogen (secondary N) is 2. The number of halogens is 1. The minimum Gasteiger partial charge on any atom is -0.489 e. The summed E-state index contributed by atoms with van der Waals surface area (Å²) in [6.45, 7) is 5.98. The molecule has 2 aromatic carbocycles. The Morgan fingerprint density at radius 2 is 1.93 bits per heavy atom. The van der Waals surface area contributed by atoms with E-state index >= 15 is 0 Å². The van der Waals surface area contributed by atoms with Gasteiger partial charge in [-0.15, -0.1) is 0 Å². The van der Waals surface area contributed by atoms with E-state index in [1.54, 1.807) is 30.3 Å². The van der Waals surface area contributed by atoms with Crippen LogP contribution in [0.5, 0.6) is 5.75 Å². The highest BCUT2D eigenvalue weighted by atomic mass is 79.9. The standard InChI is InChI=1S/C20H20BrN3O3/c1-3-11-27-18-10-7-16(21)12-15(18)13-22-24-20(26)19(25)23-17-8-5-14(4-2)6-9-17/h3,5-10,12-13H,1,4,11H2,2H3,(H,23,25)(H,24,26)/b22-13+. The molecule has 0 aliphatic rings. The molecule has 6 nitrogen and oxygen atoms in total. The second-order valence-corrected chi connectivity index (χ2v) is 6.40. The highest BCUT2D eigenvalue weighted by Gasteiger charge is 2.13. The third-order valence-electron chi connectivity index (χ3n) is 3.52. The third-order valence-corrected chi connectivity index (χ3v) is 4.02. The molecule has 0 aromatic heterocycles. The lowest BCUT2D eigenvalue weighted by molar-refractivity contribution is -0.136. The molecule has 0 atom stereocenters. The summed E-state index contributed by atoms with van der Waals surface area (Å²) in [4.78, 5) is 23.8. The van der Waals surface area contributed by atoms with Crippen molar-refractivity contribution in [2.75, 3.05) is 11.9 Å². The maximum absolute atomic E-state index is 11.9. The number of hydrazone groups is 1. The first-order valence-corrected chi connectivity index (χ1v) is 9.09. The topological polar surface area (TPSA) is 79.8 Å². The lowest BCUT2D eigenvalue weighted by Crippen LogP contribution is -2.32. The number of rotatable bonds is 7. The maximum Gasteiger partial charge on any atom is 0.329 e. The summed E-state index contributed by atoms with van der Waals surface area (Å²) in [5.74, 6) is -1.08. The predicted octanol–water partition coefficient (Wildman–Crippen LogP) is 3.67. The van der Waals surface area contributed by atoms with Crippen molar-refractivity contribution in [3.63, 3.8) is 0 Å². The zero-order valence-electron chi connectivity index (χ0n) is 14.9. The van der Waals surface area contributed by atoms with Crippen LogP contribution in [-0.4, -0.2) is 24.6 Å². The molecule has 0 radical (unpaired) electrons. The van der Waals surface area contributed by atoms with Crippen LogP contribution in [0.15, 0.2) is 64.7 Å². The predicted molar refractivity (Wildman–Crippen MR) is 110 cm³/mol. The van der Waals surface area contributed by atoms with Crippen molar-refractivity contribution in [1.29, 1.82) is 0 Å². The van der Waals surface area contributed by atoms with E-state index in [0.29, 0.717) is 23.6 Å². The first-order chi connectivity index (χ1) is 13.0. The van der Waals surface area contributed by atoms with Crippen LogP contribution in [0.25, 0.3) is 0 Å². The molecule has 2 amide bonds. The number of carbonyl (C=O) groups excluding carboxylic acids is 2. The van der Waals surface area contributed by atoms with Gasteiger partial charge in [-0.05, 0) is 42.3 Å². The van der Waals surface area contributed by atoms with Gasteiger partial charge < -0.3 is 10.1 Å². The SMILES string of the molecule is C=CCOc1ccc(Br)cc1/C=N/NC(=O)C(=O)Nc1ccc(CC)cc1. The van der Waals surface area contributed by atoms with Gasteiger partial charge in [-0.2, -0.15) is 5.10 Å². The number of ether oxygens (including phenoxy) is 1. The fourth-order valence-corrected chi connectivity index (χ4v) is 2.50. The van der Waals surface area contributed by atoms with Gasteiger partial charge in [0.1, 0.15) is 12.4 Å². The Kier molecular flexibility index (Phi) is 7.76. The number of nitrogens with zero attached hydrogens (tertiary/aromatic N) is 1. The molecule has 0 aliphatic carbocycles. The van der Waals surface area contributed by atoms with Gasteiger partial charge in [-0.1, -0.05) is 47.6 Å². The lowest BCUT2D eigenvalue weighted by Gasteiger charge is -2.07. The quantitative estimate of drug-likeness (QED) is 0.305. The molecule has 7 heteroatoms. The molecule has 0 aliphatic heterocycles. The molecule has 0 spiro atoms. The van der Waals surface area contributed by atoms with E-state index in [4.69, 9.17) is 4.74 Å². The van der Waals surface area contributed by atoms with Crippen molar-refractivity contribution in [2.24, 2.45) is 5.10 Å². The normalized spacial score (nSPS) is 10.4. The van der Waals surface area contributed by atoms with Crippen molar-refractivity contribution in [2.45, 2.75) is 13.3 Å². The van der Waals surface area contributed by atoms with E-state index in [1.807, 2.05) is 25.1 Å². The second-order valence-electron chi connectivity index (χ2n) is 5.49. The summed E-state index contributed by atoms with van der Waals surface area (Å²) in [6.07, 6.45) is 3.93. The number of amides is 2. The minimum atomic E-state index is -0.866.